The molecule has 1 aromatic heterocycles. The van der Waals surface area contributed by atoms with E-state index in [2.05, 4.69) is 5.32 Å². The van der Waals surface area contributed by atoms with Gasteiger partial charge in [0.2, 0.25) is 12.7 Å². The quantitative estimate of drug-likeness (QED) is 0.862. The normalized spacial score (nSPS) is 14.2. The third kappa shape index (κ3) is 3.49. The lowest BCUT2D eigenvalue weighted by Gasteiger charge is -2.10. The number of hydrogen-bond acceptors (Lipinski definition) is 4. The van der Waals surface area contributed by atoms with Crippen LogP contribution in [0.2, 0.25) is 0 Å². The minimum atomic E-state index is -0.131. The highest BCUT2D eigenvalue weighted by atomic mass is 16.7. The highest BCUT2D eigenvalue weighted by Crippen LogP contribution is 2.32. The van der Waals surface area contributed by atoms with Gasteiger partial charge in [0.1, 0.15) is 0 Å². The number of furan rings is 1. The molecule has 1 aliphatic heterocycles. The van der Waals surface area contributed by atoms with Gasteiger partial charge in [-0.2, -0.15) is 0 Å². The van der Waals surface area contributed by atoms with Crippen LogP contribution in [0.3, 0.4) is 0 Å². The standard InChI is InChI=1S/C17H17NO4/c1-12(8-14-6-7-20-10-14)18-17(19)5-3-13-2-4-15-16(9-13)22-11-21-15/h2-7,9-10,12H,8,11H2,1H3,(H,18,19)/b5-3+/t12-/m0/s1. The summed E-state index contributed by atoms with van der Waals surface area (Å²) in [6.45, 7) is 2.20. The Morgan fingerprint density at radius 1 is 1.32 bits per heavy atom. The van der Waals surface area contributed by atoms with E-state index in [9.17, 15) is 4.79 Å². The maximum Gasteiger partial charge on any atom is 0.244 e. The molecule has 5 heteroatoms. The molecule has 0 saturated heterocycles. The first-order valence-corrected chi connectivity index (χ1v) is 7.10. The second-order valence-electron chi connectivity index (χ2n) is 5.19. The van der Waals surface area contributed by atoms with Gasteiger partial charge in [-0.25, -0.2) is 0 Å². The molecule has 1 amide bonds. The van der Waals surface area contributed by atoms with Crippen molar-refractivity contribution < 1.29 is 18.7 Å². The molecule has 2 heterocycles. The van der Waals surface area contributed by atoms with Crippen LogP contribution in [-0.4, -0.2) is 18.7 Å². The first-order chi connectivity index (χ1) is 10.7. The highest BCUT2D eigenvalue weighted by molar-refractivity contribution is 5.92. The molecular weight excluding hydrogens is 282 g/mol. The molecule has 1 aromatic carbocycles. The summed E-state index contributed by atoms with van der Waals surface area (Å²) in [7, 11) is 0. The van der Waals surface area contributed by atoms with E-state index in [0.29, 0.717) is 5.75 Å². The summed E-state index contributed by atoms with van der Waals surface area (Å²) in [6.07, 6.45) is 7.32. The van der Waals surface area contributed by atoms with Crippen LogP contribution in [0, 0.1) is 0 Å². The number of amides is 1. The van der Waals surface area contributed by atoms with Crippen LogP contribution < -0.4 is 14.8 Å². The van der Waals surface area contributed by atoms with Gasteiger partial charge in [0.15, 0.2) is 11.5 Å². The fourth-order valence-electron chi connectivity index (χ4n) is 2.29. The molecule has 0 spiro atoms. The molecular formula is C17H17NO4. The Bertz CT molecular complexity index is 676. The number of ether oxygens (including phenoxy) is 2. The summed E-state index contributed by atoms with van der Waals surface area (Å²) in [5.41, 5.74) is 1.95. The second-order valence-corrected chi connectivity index (χ2v) is 5.19. The third-order valence-electron chi connectivity index (χ3n) is 3.33. The van der Waals surface area contributed by atoms with Crippen LogP contribution in [0.5, 0.6) is 11.5 Å². The Morgan fingerprint density at radius 2 is 2.18 bits per heavy atom. The molecule has 2 aromatic rings. The Kier molecular flexibility index (Phi) is 4.14. The maximum absolute atomic E-state index is 11.9. The van der Waals surface area contributed by atoms with E-state index >= 15 is 0 Å². The highest BCUT2D eigenvalue weighted by Gasteiger charge is 2.12. The first kappa shape index (κ1) is 14.3. The number of carbonyl (C=O) groups is 1. The van der Waals surface area contributed by atoms with Crippen LogP contribution in [0.1, 0.15) is 18.1 Å². The minimum Gasteiger partial charge on any atom is -0.472 e. The lowest BCUT2D eigenvalue weighted by molar-refractivity contribution is -0.117. The number of benzene rings is 1. The third-order valence-corrected chi connectivity index (χ3v) is 3.33. The van der Waals surface area contributed by atoms with E-state index < -0.39 is 0 Å². The molecule has 0 unspecified atom stereocenters. The van der Waals surface area contributed by atoms with Gasteiger partial charge in [0, 0.05) is 12.1 Å². The van der Waals surface area contributed by atoms with E-state index in [-0.39, 0.29) is 18.7 Å². The Balaban J connectivity index is 1.54. The molecule has 0 radical (unpaired) electrons. The van der Waals surface area contributed by atoms with Gasteiger partial charge in [0.05, 0.1) is 12.5 Å². The summed E-state index contributed by atoms with van der Waals surface area (Å²) < 4.78 is 15.6. The van der Waals surface area contributed by atoms with Crippen molar-refractivity contribution in [2.45, 2.75) is 19.4 Å². The molecule has 5 nitrogen and oxygen atoms in total. The lowest BCUT2D eigenvalue weighted by atomic mass is 10.1. The average molecular weight is 299 g/mol. The van der Waals surface area contributed by atoms with E-state index in [1.807, 2.05) is 31.2 Å². The van der Waals surface area contributed by atoms with Gasteiger partial charge in [-0.05, 0) is 48.7 Å². The molecule has 114 valence electrons. The monoisotopic (exact) mass is 299 g/mol. The van der Waals surface area contributed by atoms with Crippen molar-refractivity contribution in [1.82, 2.24) is 5.32 Å². The predicted molar refractivity (Wildman–Crippen MR) is 81.6 cm³/mol. The summed E-state index contributed by atoms with van der Waals surface area (Å²) >= 11 is 0. The Hall–Kier alpha value is -2.69. The van der Waals surface area contributed by atoms with Gasteiger partial charge in [-0.3, -0.25) is 4.79 Å². The smallest absolute Gasteiger partial charge is 0.244 e. The molecule has 1 atom stereocenters. The van der Waals surface area contributed by atoms with Crippen molar-refractivity contribution in [3.63, 3.8) is 0 Å². The van der Waals surface area contributed by atoms with Gasteiger partial charge in [0.25, 0.3) is 0 Å². The van der Waals surface area contributed by atoms with Crippen molar-refractivity contribution in [1.29, 1.82) is 0 Å². The molecule has 0 saturated carbocycles. The van der Waals surface area contributed by atoms with E-state index in [1.54, 1.807) is 18.6 Å². The molecule has 1 N–H and O–H groups in total. The van der Waals surface area contributed by atoms with E-state index in [1.165, 1.54) is 6.08 Å². The average Bonchev–Trinajstić information content (AvgIpc) is 3.15. The van der Waals surface area contributed by atoms with Gasteiger partial charge in [-0.15, -0.1) is 0 Å². The minimum absolute atomic E-state index is 0.0338. The van der Waals surface area contributed by atoms with Crippen molar-refractivity contribution in [3.05, 3.63) is 54.0 Å². The fourth-order valence-corrected chi connectivity index (χ4v) is 2.29. The van der Waals surface area contributed by atoms with Gasteiger partial charge < -0.3 is 19.2 Å². The second kappa shape index (κ2) is 6.39. The summed E-state index contributed by atoms with van der Waals surface area (Å²) in [5, 5.41) is 2.92. The molecule has 1 aliphatic rings. The fraction of sp³-hybridized carbons (Fsp3) is 0.235. The van der Waals surface area contributed by atoms with Crippen LogP contribution >= 0.6 is 0 Å². The van der Waals surface area contributed by atoms with Gasteiger partial charge in [-0.1, -0.05) is 6.07 Å². The van der Waals surface area contributed by atoms with Crippen LogP contribution in [0.25, 0.3) is 6.08 Å². The number of carbonyl (C=O) groups excluding carboxylic acids is 1. The molecule has 3 rings (SSSR count). The lowest BCUT2D eigenvalue weighted by Crippen LogP contribution is -2.32. The zero-order chi connectivity index (χ0) is 15.4. The Labute approximate surface area is 128 Å². The number of hydrogen-bond donors (Lipinski definition) is 1. The van der Waals surface area contributed by atoms with Crippen LogP contribution in [0.4, 0.5) is 0 Å². The summed E-state index contributed by atoms with van der Waals surface area (Å²) in [4.78, 5) is 11.9. The number of nitrogens with one attached hydrogen (secondary N) is 1. The largest absolute Gasteiger partial charge is 0.472 e. The van der Waals surface area contributed by atoms with Crippen molar-refractivity contribution in [3.8, 4) is 11.5 Å². The maximum atomic E-state index is 11.9. The molecule has 22 heavy (non-hydrogen) atoms. The molecule has 0 aliphatic carbocycles. The molecule has 0 bridgehead atoms. The number of rotatable bonds is 5. The van der Waals surface area contributed by atoms with Gasteiger partial charge >= 0.3 is 0 Å². The summed E-state index contributed by atoms with van der Waals surface area (Å²) in [6, 6.07) is 7.49. The van der Waals surface area contributed by atoms with Crippen molar-refractivity contribution in [2.75, 3.05) is 6.79 Å². The zero-order valence-electron chi connectivity index (χ0n) is 12.2. The zero-order valence-corrected chi connectivity index (χ0v) is 12.2. The van der Waals surface area contributed by atoms with Crippen molar-refractivity contribution in [2.24, 2.45) is 0 Å². The van der Waals surface area contributed by atoms with E-state index in [0.717, 1.165) is 23.3 Å². The predicted octanol–water partition coefficient (Wildman–Crippen LogP) is 2.77. The number of fused-ring (bicyclic) bond motifs is 1. The van der Waals surface area contributed by atoms with Crippen LogP contribution in [0.15, 0.2) is 47.3 Å². The summed E-state index contributed by atoms with van der Waals surface area (Å²) in [5.74, 6) is 1.31. The van der Waals surface area contributed by atoms with Crippen molar-refractivity contribution >= 4 is 12.0 Å². The van der Waals surface area contributed by atoms with E-state index in [4.69, 9.17) is 13.9 Å². The SMILES string of the molecule is C[C@@H](Cc1ccoc1)NC(=O)/C=C/c1ccc2c(c1)OCO2. The molecule has 0 fully saturated rings. The first-order valence-electron chi connectivity index (χ1n) is 7.10. The topological polar surface area (TPSA) is 60.7 Å². The van der Waals surface area contributed by atoms with Crippen LogP contribution in [-0.2, 0) is 11.2 Å². The Morgan fingerprint density at radius 3 is 3.00 bits per heavy atom.